The summed E-state index contributed by atoms with van der Waals surface area (Å²) in [5, 5.41) is 14.7. The highest BCUT2D eigenvalue weighted by atomic mass is 35.5. The molecule has 0 radical (unpaired) electrons. The number of carboxylic acids is 1. The third kappa shape index (κ3) is 5.34. The molecule has 0 aliphatic heterocycles. The molecule has 0 saturated heterocycles. The van der Waals surface area contributed by atoms with Crippen LogP contribution in [0.2, 0.25) is 10.0 Å². The zero-order chi connectivity index (χ0) is 26.2. The van der Waals surface area contributed by atoms with Crippen molar-refractivity contribution in [2.24, 2.45) is 0 Å². The van der Waals surface area contributed by atoms with Crippen molar-refractivity contribution in [2.75, 3.05) is 11.7 Å². The van der Waals surface area contributed by atoms with Gasteiger partial charge in [-0.25, -0.2) is 4.79 Å². The molecular weight excluding hydrogens is 568 g/mol. The Hall–Kier alpha value is -2.64. The summed E-state index contributed by atoms with van der Waals surface area (Å²) in [6.07, 6.45) is 0. The first-order valence-corrected chi connectivity index (χ1v) is 15.2. The number of carbonyl (C=O) groups is 1. The number of benzene rings is 3. The minimum absolute atomic E-state index is 0.0218. The van der Waals surface area contributed by atoms with Crippen molar-refractivity contribution in [3.63, 3.8) is 0 Å². The molecular formula is C27H20Cl2NO4PS2. The van der Waals surface area contributed by atoms with E-state index in [1.807, 2.05) is 36.4 Å². The predicted molar refractivity (Wildman–Crippen MR) is 156 cm³/mol. The Balaban J connectivity index is 1.48. The highest BCUT2D eigenvalue weighted by Gasteiger charge is 2.31. The molecule has 2 aromatic heterocycles. The lowest BCUT2D eigenvalue weighted by molar-refractivity contribution is 0.0703. The van der Waals surface area contributed by atoms with Crippen molar-refractivity contribution in [3.05, 3.63) is 93.8 Å². The summed E-state index contributed by atoms with van der Waals surface area (Å²) < 4.78 is 20.7. The molecule has 5 rings (SSSR count). The third-order valence-electron chi connectivity index (χ3n) is 5.61. The summed E-state index contributed by atoms with van der Waals surface area (Å²) in [5.74, 6) is -1.13. The molecule has 1 atom stereocenters. The number of fused-ring (bicyclic) bond motifs is 1. The van der Waals surface area contributed by atoms with Crippen LogP contribution in [-0.4, -0.2) is 17.7 Å². The van der Waals surface area contributed by atoms with E-state index in [0.29, 0.717) is 9.90 Å². The predicted octanol–water partition coefficient (Wildman–Crippen LogP) is 9.27. The molecule has 3 aromatic carbocycles. The topological polar surface area (TPSA) is 75.6 Å². The van der Waals surface area contributed by atoms with Crippen LogP contribution in [0.25, 0.3) is 31.0 Å². The molecule has 188 valence electrons. The van der Waals surface area contributed by atoms with Crippen LogP contribution in [0.4, 0.5) is 5.69 Å². The van der Waals surface area contributed by atoms with Crippen LogP contribution in [-0.2, 0) is 9.09 Å². The SMILES string of the molecule is CCOP(=O)(Nc1cc(-c2ccc(-c3cc4ccccc4s3)cc2)sc1C(=O)O)c1ccc(Cl)cc1Cl. The molecule has 0 amide bonds. The van der Waals surface area contributed by atoms with Crippen LogP contribution in [0, 0.1) is 0 Å². The van der Waals surface area contributed by atoms with Crippen molar-refractivity contribution in [1.82, 2.24) is 0 Å². The fraction of sp³-hybridized carbons (Fsp3) is 0.0741. The van der Waals surface area contributed by atoms with Gasteiger partial charge in [-0.2, -0.15) is 0 Å². The Labute approximate surface area is 231 Å². The smallest absolute Gasteiger partial charge is 0.348 e. The van der Waals surface area contributed by atoms with E-state index in [-0.39, 0.29) is 27.5 Å². The summed E-state index contributed by atoms with van der Waals surface area (Å²) in [4.78, 5) is 14.0. The quantitative estimate of drug-likeness (QED) is 0.177. The van der Waals surface area contributed by atoms with Gasteiger partial charge in [-0.05, 0) is 59.8 Å². The van der Waals surface area contributed by atoms with Gasteiger partial charge in [0.2, 0.25) is 0 Å². The first kappa shape index (κ1) is 26.0. The minimum atomic E-state index is -3.75. The molecule has 0 saturated carbocycles. The normalized spacial score (nSPS) is 12.9. The number of nitrogens with one attached hydrogen (secondary N) is 1. The van der Waals surface area contributed by atoms with Gasteiger partial charge in [-0.15, -0.1) is 22.7 Å². The summed E-state index contributed by atoms with van der Waals surface area (Å²) in [7, 11) is -3.75. The maximum absolute atomic E-state index is 13.9. The molecule has 0 spiro atoms. The highest BCUT2D eigenvalue weighted by molar-refractivity contribution is 7.68. The Kier molecular flexibility index (Phi) is 7.46. The molecule has 5 nitrogen and oxygen atoms in total. The second-order valence-corrected chi connectivity index (χ2v) is 13.1. The van der Waals surface area contributed by atoms with Crippen molar-refractivity contribution in [1.29, 1.82) is 0 Å². The fourth-order valence-electron chi connectivity index (χ4n) is 3.92. The van der Waals surface area contributed by atoms with Gasteiger partial charge in [0.1, 0.15) is 4.88 Å². The second kappa shape index (κ2) is 10.6. The van der Waals surface area contributed by atoms with Crippen molar-refractivity contribution < 1.29 is 19.0 Å². The Morgan fingerprint density at radius 1 is 0.946 bits per heavy atom. The number of thiophene rings is 2. The van der Waals surface area contributed by atoms with Crippen LogP contribution in [0.15, 0.2) is 78.9 Å². The van der Waals surface area contributed by atoms with E-state index >= 15 is 0 Å². The van der Waals surface area contributed by atoms with E-state index in [0.717, 1.165) is 27.3 Å². The molecule has 0 bridgehead atoms. The molecule has 10 heteroatoms. The first-order valence-electron chi connectivity index (χ1n) is 11.2. The van der Waals surface area contributed by atoms with Crippen LogP contribution in [0.3, 0.4) is 0 Å². The summed E-state index contributed by atoms with van der Waals surface area (Å²) >= 11 is 15.1. The summed E-state index contributed by atoms with van der Waals surface area (Å²) in [5.41, 5.74) is 2.13. The van der Waals surface area contributed by atoms with E-state index in [1.165, 1.54) is 22.2 Å². The van der Waals surface area contributed by atoms with E-state index < -0.39 is 13.5 Å². The monoisotopic (exact) mass is 587 g/mol. The maximum atomic E-state index is 13.9. The van der Waals surface area contributed by atoms with Crippen molar-refractivity contribution in [3.8, 4) is 20.9 Å². The minimum Gasteiger partial charge on any atom is -0.477 e. The van der Waals surface area contributed by atoms with Gasteiger partial charge < -0.3 is 14.7 Å². The number of aromatic carboxylic acids is 1. The van der Waals surface area contributed by atoms with Gasteiger partial charge in [-0.1, -0.05) is 65.7 Å². The maximum Gasteiger partial charge on any atom is 0.348 e. The van der Waals surface area contributed by atoms with Crippen LogP contribution in [0.5, 0.6) is 0 Å². The third-order valence-corrected chi connectivity index (χ3v) is 10.8. The van der Waals surface area contributed by atoms with Crippen molar-refractivity contribution in [2.45, 2.75) is 6.92 Å². The molecule has 0 aliphatic carbocycles. The Morgan fingerprint density at radius 2 is 1.62 bits per heavy atom. The van der Waals surface area contributed by atoms with E-state index in [9.17, 15) is 14.5 Å². The zero-order valence-electron chi connectivity index (χ0n) is 19.4. The molecule has 37 heavy (non-hydrogen) atoms. The summed E-state index contributed by atoms with van der Waals surface area (Å²) in [6.45, 7) is 1.83. The first-order chi connectivity index (χ1) is 17.8. The second-order valence-electron chi connectivity index (χ2n) is 8.06. The standard InChI is InChI=1S/C27H20Cl2NO4PS2/c1-2-34-35(33,22-12-11-19(28)14-20(22)29)30-21-15-25(37-26(21)27(31)32)17-9-7-16(8-10-17)24-13-18-5-3-4-6-23(18)36-24/h3-15H,2H2,1H3,(H,30,33)(H,31,32). The van der Waals surface area contributed by atoms with Crippen molar-refractivity contribution >= 4 is 80.4 Å². The van der Waals surface area contributed by atoms with Crippen LogP contribution in [0.1, 0.15) is 16.6 Å². The van der Waals surface area contributed by atoms with Gasteiger partial charge in [0.25, 0.3) is 0 Å². The Bertz CT molecular complexity index is 1630. The lowest BCUT2D eigenvalue weighted by atomic mass is 10.1. The molecule has 0 aliphatic rings. The van der Waals surface area contributed by atoms with E-state index in [2.05, 4.69) is 23.3 Å². The van der Waals surface area contributed by atoms with E-state index in [1.54, 1.807) is 30.4 Å². The molecule has 1 unspecified atom stereocenters. The number of halogens is 2. The number of rotatable bonds is 8. The van der Waals surface area contributed by atoms with E-state index in [4.69, 9.17) is 27.7 Å². The number of carboxylic acid groups (broad SMARTS) is 1. The summed E-state index contributed by atoms with van der Waals surface area (Å²) in [6, 6.07) is 24.6. The number of hydrogen-bond acceptors (Lipinski definition) is 5. The highest BCUT2D eigenvalue weighted by Crippen LogP contribution is 2.50. The molecule has 2 heterocycles. The molecule has 0 fully saturated rings. The van der Waals surface area contributed by atoms with Gasteiger partial charge in [-0.3, -0.25) is 4.57 Å². The lowest BCUT2D eigenvalue weighted by Crippen LogP contribution is -2.16. The van der Waals surface area contributed by atoms with Gasteiger partial charge in [0.05, 0.1) is 22.6 Å². The Morgan fingerprint density at radius 3 is 2.24 bits per heavy atom. The molecule has 5 aromatic rings. The zero-order valence-corrected chi connectivity index (χ0v) is 23.4. The largest absolute Gasteiger partial charge is 0.477 e. The van der Waals surface area contributed by atoms with Crippen LogP contribution >= 0.6 is 53.4 Å². The number of anilines is 1. The average Bonchev–Trinajstić information content (AvgIpc) is 3.48. The number of hydrogen-bond donors (Lipinski definition) is 2. The fourth-order valence-corrected chi connectivity index (χ4v) is 8.56. The van der Waals surface area contributed by atoms with Gasteiger partial charge >= 0.3 is 13.5 Å². The van der Waals surface area contributed by atoms with Gasteiger partial charge in [0, 0.05) is 19.5 Å². The average molecular weight is 588 g/mol. The van der Waals surface area contributed by atoms with Crippen LogP contribution < -0.4 is 10.4 Å². The lowest BCUT2D eigenvalue weighted by Gasteiger charge is -2.21. The van der Waals surface area contributed by atoms with Gasteiger partial charge in [0.15, 0.2) is 0 Å². The molecule has 2 N–H and O–H groups in total.